The molecule has 2 atom stereocenters. The Morgan fingerprint density at radius 2 is 2.04 bits per heavy atom. The van der Waals surface area contributed by atoms with Crippen molar-refractivity contribution in [1.29, 1.82) is 0 Å². The van der Waals surface area contributed by atoms with Crippen LogP contribution in [0.5, 0.6) is 5.75 Å². The van der Waals surface area contributed by atoms with E-state index in [4.69, 9.17) is 4.74 Å². The van der Waals surface area contributed by atoms with Crippen molar-refractivity contribution in [3.8, 4) is 16.3 Å². The molecule has 1 amide bonds. The van der Waals surface area contributed by atoms with Gasteiger partial charge in [-0.05, 0) is 49.9 Å². The lowest BCUT2D eigenvalue weighted by Gasteiger charge is -2.29. The highest BCUT2D eigenvalue weighted by atomic mass is 32.1. The average molecular weight is 344 g/mol. The molecule has 1 aromatic heterocycles. The molecule has 3 rings (SSSR count). The molecule has 0 unspecified atom stereocenters. The van der Waals surface area contributed by atoms with Crippen molar-refractivity contribution in [2.45, 2.75) is 45.6 Å². The van der Waals surface area contributed by atoms with E-state index in [1.54, 1.807) is 11.3 Å². The Bertz CT molecular complexity index is 681. The first-order valence-corrected chi connectivity index (χ1v) is 9.44. The molecule has 1 fully saturated rings. The van der Waals surface area contributed by atoms with E-state index in [9.17, 15) is 4.79 Å². The molecule has 128 valence electrons. The number of ether oxygens (including phenoxy) is 1. The van der Waals surface area contributed by atoms with Gasteiger partial charge in [0.25, 0.3) is 5.91 Å². The molecule has 1 aromatic carbocycles. The van der Waals surface area contributed by atoms with Gasteiger partial charge < -0.3 is 10.1 Å². The molecule has 4 nitrogen and oxygen atoms in total. The van der Waals surface area contributed by atoms with E-state index in [0.717, 1.165) is 22.7 Å². The second-order valence-corrected chi connectivity index (χ2v) is 7.40. The maximum Gasteiger partial charge on any atom is 0.258 e. The molecule has 0 aliphatic heterocycles. The number of carbonyl (C=O) groups excluding carboxylic acids is 1. The molecule has 1 aliphatic rings. The molecule has 5 heteroatoms. The maximum atomic E-state index is 12.1. The van der Waals surface area contributed by atoms with Crippen molar-refractivity contribution >= 4 is 17.2 Å². The third-order valence-electron chi connectivity index (χ3n) is 4.55. The monoisotopic (exact) mass is 344 g/mol. The minimum Gasteiger partial charge on any atom is -0.484 e. The van der Waals surface area contributed by atoms with Crippen LogP contribution < -0.4 is 10.1 Å². The number of amides is 1. The zero-order chi connectivity index (χ0) is 16.9. The summed E-state index contributed by atoms with van der Waals surface area (Å²) in [5, 5.41) is 6.15. The Hall–Kier alpha value is -1.88. The summed E-state index contributed by atoms with van der Waals surface area (Å²) in [5.74, 6) is 1.23. The van der Waals surface area contributed by atoms with Crippen LogP contribution in [0.1, 0.15) is 38.3 Å². The Morgan fingerprint density at radius 3 is 2.71 bits per heavy atom. The van der Waals surface area contributed by atoms with Gasteiger partial charge in [-0.1, -0.05) is 19.8 Å². The van der Waals surface area contributed by atoms with Crippen molar-refractivity contribution in [3.05, 3.63) is 35.3 Å². The number of hydrogen-bond donors (Lipinski definition) is 1. The van der Waals surface area contributed by atoms with Crippen LogP contribution in [-0.2, 0) is 4.79 Å². The summed E-state index contributed by atoms with van der Waals surface area (Å²) in [7, 11) is 0. The number of carbonyl (C=O) groups is 1. The first kappa shape index (κ1) is 17.0. The lowest BCUT2D eigenvalue weighted by atomic mass is 9.86. The molecule has 1 N–H and O–H groups in total. The van der Waals surface area contributed by atoms with Crippen molar-refractivity contribution in [2.75, 3.05) is 6.61 Å². The minimum absolute atomic E-state index is 0.0339. The molecule has 1 heterocycles. The normalized spacial score (nSPS) is 20.6. The summed E-state index contributed by atoms with van der Waals surface area (Å²) < 4.78 is 5.61. The number of aryl methyl sites for hydroxylation is 1. The molecule has 1 aliphatic carbocycles. The van der Waals surface area contributed by atoms with Crippen LogP contribution in [0.4, 0.5) is 0 Å². The summed E-state index contributed by atoms with van der Waals surface area (Å²) in [6.45, 7) is 4.27. The number of benzene rings is 1. The van der Waals surface area contributed by atoms with Crippen molar-refractivity contribution in [1.82, 2.24) is 10.3 Å². The standard InChI is InChI=1S/C19H24N2O2S/c1-13-5-3-4-6-17(13)21-18(22)11-23-16-9-7-15(8-10-16)19-20-14(2)12-24-19/h7-10,12-13,17H,3-6,11H2,1-2H3,(H,21,22)/t13-,17-/m0/s1. The minimum atomic E-state index is -0.0339. The van der Waals surface area contributed by atoms with Gasteiger partial charge in [0.1, 0.15) is 10.8 Å². The van der Waals surface area contributed by atoms with Gasteiger partial charge in [0.2, 0.25) is 0 Å². The second kappa shape index (κ2) is 7.79. The van der Waals surface area contributed by atoms with Gasteiger partial charge >= 0.3 is 0 Å². The fourth-order valence-electron chi connectivity index (χ4n) is 3.11. The van der Waals surface area contributed by atoms with E-state index < -0.39 is 0 Å². The average Bonchev–Trinajstić information content (AvgIpc) is 3.02. The number of thiazole rings is 1. The van der Waals surface area contributed by atoms with Gasteiger partial charge in [-0.2, -0.15) is 0 Å². The fraction of sp³-hybridized carbons (Fsp3) is 0.474. The van der Waals surface area contributed by atoms with Gasteiger partial charge in [0.05, 0.1) is 0 Å². The van der Waals surface area contributed by atoms with E-state index in [2.05, 4.69) is 17.2 Å². The third-order valence-corrected chi connectivity index (χ3v) is 5.56. The van der Waals surface area contributed by atoms with Crippen molar-refractivity contribution in [3.63, 3.8) is 0 Å². The van der Waals surface area contributed by atoms with Crippen LogP contribution in [0.2, 0.25) is 0 Å². The third kappa shape index (κ3) is 4.35. The molecule has 0 saturated heterocycles. The van der Waals surface area contributed by atoms with E-state index in [1.807, 2.05) is 36.6 Å². The molecule has 2 aromatic rings. The molecule has 0 bridgehead atoms. The molecule has 1 saturated carbocycles. The van der Waals surface area contributed by atoms with Gasteiger partial charge in [-0.15, -0.1) is 11.3 Å². The smallest absolute Gasteiger partial charge is 0.258 e. The largest absolute Gasteiger partial charge is 0.484 e. The zero-order valence-electron chi connectivity index (χ0n) is 14.2. The number of hydrogen-bond acceptors (Lipinski definition) is 4. The van der Waals surface area contributed by atoms with Gasteiger partial charge in [-0.25, -0.2) is 4.98 Å². The lowest BCUT2D eigenvalue weighted by molar-refractivity contribution is -0.124. The van der Waals surface area contributed by atoms with Crippen LogP contribution in [0.15, 0.2) is 29.6 Å². The molecule has 0 spiro atoms. The molecule has 0 radical (unpaired) electrons. The predicted molar refractivity (Wildman–Crippen MR) is 97.3 cm³/mol. The second-order valence-electron chi connectivity index (χ2n) is 6.54. The highest BCUT2D eigenvalue weighted by molar-refractivity contribution is 7.13. The highest BCUT2D eigenvalue weighted by Crippen LogP contribution is 2.26. The molecular formula is C19H24N2O2S. The van der Waals surface area contributed by atoms with Crippen LogP contribution in [-0.4, -0.2) is 23.5 Å². The molecule has 24 heavy (non-hydrogen) atoms. The summed E-state index contributed by atoms with van der Waals surface area (Å²) in [6.07, 6.45) is 4.75. The van der Waals surface area contributed by atoms with Crippen LogP contribution in [0, 0.1) is 12.8 Å². The van der Waals surface area contributed by atoms with Crippen LogP contribution in [0.3, 0.4) is 0 Å². The zero-order valence-corrected chi connectivity index (χ0v) is 15.1. The topological polar surface area (TPSA) is 51.2 Å². The Morgan fingerprint density at radius 1 is 1.29 bits per heavy atom. The Balaban J connectivity index is 1.50. The van der Waals surface area contributed by atoms with Gasteiger partial charge in [-0.3, -0.25) is 4.79 Å². The summed E-state index contributed by atoms with van der Waals surface area (Å²) in [6, 6.07) is 8.04. The first-order valence-electron chi connectivity index (χ1n) is 8.56. The van der Waals surface area contributed by atoms with Crippen molar-refractivity contribution in [2.24, 2.45) is 5.92 Å². The number of rotatable bonds is 5. The number of nitrogens with zero attached hydrogens (tertiary/aromatic N) is 1. The predicted octanol–water partition coefficient (Wildman–Crippen LogP) is 4.19. The summed E-state index contributed by atoms with van der Waals surface area (Å²) >= 11 is 1.63. The lowest BCUT2D eigenvalue weighted by Crippen LogP contribution is -2.43. The van der Waals surface area contributed by atoms with E-state index in [0.29, 0.717) is 17.7 Å². The van der Waals surface area contributed by atoms with Gasteiger partial charge in [0.15, 0.2) is 6.61 Å². The Labute approximate surface area is 147 Å². The number of aromatic nitrogens is 1. The Kier molecular flexibility index (Phi) is 5.51. The SMILES string of the molecule is Cc1csc(-c2ccc(OCC(=O)N[C@H]3CCCC[C@@H]3C)cc2)n1. The van der Waals surface area contributed by atoms with E-state index in [-0.39, 0.29) is 12.5 Å². The quantitative estimate of drug-likeness (QED) is 0.885. The number of nitrogens with one attached hydrogen (secondary N) is 1. The van der Waals surface area contributed by atoms with Crippen LogP contribution >= 0.6 is 11.3 Å². The van der Waals surface area contributed by atoms with Gasteiger partial charge in [0, 0.05) is 22.7 Å². The highest BCUT2D eigenvalue weighted by Gasteiger charge is 2.22. The molecular weight excluding hydrogens is 320 g/mol. The first-order chi connectivity index (χ1) is 11.6. The summed E-state index contributed by atoms with van der Waals surface area (Å²) in [5.41, 5.74) is 2.10. The maximum absolute atomic E-state index is 12.1. The van der Waals surface area contributed by atoms with Crippen LogP contribution in [0.25, 0.3) is 10.6 Å². The van der Waals surface area contributed by atoms with E-state index >= 15 is 0 Å². The van der Waals surface area contributed by atoms with E-state index in [1.165, 1.54) is 19.3 Å². The fourth-order valence-corrected chi connectivity index (χ4v) is 3.91. The summed E-state index contributed by atoms with van der Waals surface area (Å²) in [4.78, 5) is 16.5. The van der Waals surface area contributed by atoms with Crippen molar-refractivity contribution < 1.29 is 9.53 Å².